The van der Waals surface area contributed by atoms with Gasteiger partial charge in [-0.25, -0.2) is 0 Å². The summed E-state index contributed by atoms with van der Waals surface area (Å²) in [5.74, 6) is 0. The summed E-state index contributed by atoms with van der Waals surface area (Å²) in [5.41, 5.74) is 2.47. The Hall–Kier alpha value is -1.09. The molecule has 3 heteroatoms. The van der Waals surface area contributed by atoms with Gasteiger partial charge in [0, 0.05) is 6.54 Å². The summed E-state index contributed by atoms with van der Waals surface area (Å²) in [6.45, 7) is 6.70. The van der Waals surface area contributed by atoms with Crippen molar-refractivity contribution in [3.05, 3.63) is 35.4 Å². The van der Waals surface area contributed by atoms with E-state index in [1.165, 1.54) is 11.1 Å². The average molecular weight is 223 g/mol. The van der Waals surface area contributed by atoms with E-state index in [1.54, 1.807) is 0 Å². The van der Waals surface area contributed by atoms with Crippen LogP contribution in [0.25, 0.3) is 0 Å². The SMILES string of the molecule is Cc1ccc(CNC(=S)OC(C)C)cc1. The van der Waals surface area contributed by atoms with Gasteiger partial charge in [-0.1, -0.05) is 29.8 Å². The molecule has 1 N–H and O–H groups in total. The second-order valence-electron chi connectivity index (χ2n) is 3.79. The maximum absolute atomic E-state index is 5.32. The highest BCUT2D eigenvalue weighted by Crippen LogP contribution is 2.02. The Morgan fingerprint density at radius 3 is 2.47 bits per heavy atom. The van der Waals surface area contributed by atoms with Crippen LogP contribution >= 0.6 is 12.2 Å². The molecule has 0 aliphatic rings. The van der Waals surface area contributed by atoms with Gasteiger partial charge in [0.05, 0.1) is 6.10 Å². The van der Waals surface area contributed by atoms with Crippen LogP contribution in [0, 0.1) is 6.92 Å². The van der Waals surface area contributed by atoms with Crippen LogP contribution in [0.2, 0.25) is 0 Å². The van der Waals surface area contributed by atoms with Crippen molar-refractivity contribution in [1.29, 1.82) is 0 Å². The van der Waals surface area contributed by atoms with E-state index in [0.29, 0.717) is 11.7 Å². The minimum absolute atomic E-state index is 0.128. The molecule has 0 radical (unpaired) electrons. The molecule has 15 heavy (non-hydrogen) atoms. The second-order valence-corrected chi connectivity index (χ2v) is 4.16. The Morgan fingerprint density at radius 2 is 1.93 bits per heavy atom. The third kappa shape index (κ3) is 4.79. The van der Waals surface area contributed by atoms with Gasteiger partial charge in [-0.15, -0.1) is 0 Å². The highest BCUT2D eigenvalue weighted by molar-refractivity contribution is 7.80. The molecule has 0 spiro atoms. The van der Waals surface area contributed by atoms with Crippen LogP contribution in [0.1, 0.15) is 25.0 Å². The van der Waals surface area contributed by atoms with Crippen molar-refractivity contribution in [2.24, 2.45) is 0 Å². The molecule has 1 aromatic carbocycles. The molecule has 0 aliphatic carbocycles. The number of aryl methyl sites for hydroxylation is 1. The molecule has 0 heterocycles. The average Bonchev–Trinajstić information content (AvgIpc) is 2.16. The van der Waals surface area contributed by atoms with E-state index in [0.717, 1.165) is 0 Å². The molecule has 0 saturated heterocycles. The maximum Gasteiger partial charge on any atom is 0.257 e. The van der Waals surface area contributed by atoms with Gasteiger partial charge in [0.15, 0.2) is 0 Å². The summed E-state index contributed by atoms with van der Waals surface area (Å²) >= 11 is 5.02. The van der Waals surface area contributed by atoms with Crippen LogP contribution in [0.5, 0.6) is 0 Å². The summed E-state index contributed by atoms with van der Waals surface area (Å²) < 4.78 is 5.32. The molecule has 0 atom stereocenters. The van der Waals surface area contributed by atoms with Gasteiger partial charge >= 0.3 is 0 Å². The Balaban J connectivity index is 2.37. The zero-order valence-electron chi connectivity index (χ0n) is 9.41. The van der Waals surface area contributed by atoms with E-state index < -0.39 is 0 Å². The lowest BCUT2D eigenvalue weighted by Crippen LogP contribution is -2.25. The van der Waals surface area contributed by atoms with Gasteiger partial charge < -0.3 is 10.1 Å². The lowest BCUT2D eigenvalue weighted by Gasteiger charge is -2.12. The second kappa shape index (κ2) is 5.71. The molecule has 0 aliphatic heterocycles. The lowest BCUT2D eigenvalue weighted by atomic mass is 10.1. The van der Waals surface area contributed by atoms with Crippen LogP contribution < -0.4 is 5.32 Å². The van der Waals surface area contributed by atoms with Gasteiger partial charge in [-0.2, -0.15) is 0 Å². The predicted octanol–water partition coefficient (Wildman–Crippen LogP) is 2.79. The third-order valence-corrected chi connectivity index (χ3v) is 2.14. The number of benzene rings is 1. The molecule has 0 bridgehead atoms. The molecular formula is C12H17NOS. The zero-order chi connectivity index (χ0) is 11.3. The predicted molar refractivity (Wildman–Crippen MR) is 66.8 cm³/mol. The minimum atomic E-state index is 0.128. The van der Waals surface area contributed by atoms with Crippen LogP contribution in [-0.2, 0) is 11.3 Å². The summed E-state index contributed by atoms with van der Waals surface area (Å²) in [6.07, 6.45) is 0.128. The Morgan fingerprint density at radius 1 is 1.33 bits per heavy atom. The van der Waals surface area contributed by atoms with Crippen LogP contribution in [0.4, 0.5) is 0 Å². The van der Waals surface area contributed by atoms with Crippen molar-refractivity contribution in [2.75, 3.05) is 0 Å². The fraction of sp³-hybridized carbons (Fsp3) is 0.417. The number of thiocarbonyl (C=S) groups is 1. The molecule has 0 fully saturated rings. The van der Waals surface area contributed by atoms with Gasteiger partial charge in [-0.3, -0.25) is 0 Å². The van der Waals surface area contributed by atoms with Gasteiger partial charge in [0.1, 0.15) is 0 Å². The normalized spacial score (nSPS) is 10.1. The van der Waals surface area contributed by atoms with Crippen molar-refractivity contribution in [3.8, 4) is 0 Å². The lowest BCUT2D eigenvalue weighted by molar-refractivity contribution is 0.224. The first-order valence-corrected chi connectivity index (χ1v) is 5.49. The van der Waals surface area contributed by atoms with E-state index >= 15 is 0 Å². The summed E-state index contributed by atoms with van der Waals surface area (Å²) in [7, 11) is 0. The molecule has 0 aromatic heterocycles. The monoisotopic (exact) mass is 223 g/mol. The quantitative estimate of drug-likeness (QED) is 0.796. The molecule has 1 aromatic rings. The minimum Gasteiger partial charge on any atom is -0.468 e. The van der Waals surface area contributed by atoms with Gasteiger partial charge in [0.25, 0.3) is 5.17 Å². The molecule has 1 rings (SSSR count). The fourth-order valence-corrected chi connectivity index (χ4v) is 1.40. The van der Waals surface area contributed by atoms with E-state index in [2.05, 4.69) is 36.5 Å². The van der Waals surface area contributed by atoms with E-state index in [4.69, 9.17) is 17.0 Å². The first-order chi connectivity index (χ1) is 7.08. The Kier molecular flexibility index (Phi) is 4.56. The van der Waals surface area contributed by atoms with E-state index in [9.17, 15) is 0 Å². The number of ether oxygens (including phenoxy) is 1. The Bertz CT molecular complexity index is 319. The molecule has 82 valence electrons. The van der Waals surface area contributed by atoms with Crippen molar-refractivity contribution < 1.29 is 4.74 Å². The standard InChI is InChI=1S/C12H17NOS/c1-9(2)14-12(15)13-8-11-6-4-10(3)5-7-11/h4-7,9H,8H2,1-3H3,(H,13,15). The zero-order valence-corrected chi connectivity index (χ0v) is 10.2. The molecule has 0 saturated carbocycles. The first-order valence-electron chi connectivity index (χ1n) is 5.08. The largest absolute Gasteiger partial charge is 0.468 e. The molecule has 0 unspecified atom stereocenters. The van der Waals surface area contributed by atoms with E-state index in [-0.39, 0.29) is 6.10 Å². The highest BCUT2D eigenvalue weighted by Gasteiger charge is 1.99. The Labute approximate surface area is 96.6 Å². The van der Waals surface area contributed by atoms with Crippen LogP contribution in [0.15, 0.2) is 24.3 Å². The fourth-order valence-electron chi connectivity index (χ4n) is 1.14. The third-order valence-electron chi connectivity index (χ3n) is 1.90. The summed E-state index contributed by atoms with van der Waals surface area (Å²) in [6, 6.07) is 8.34. The number of nitrogens with one attached hydrogen (secondary N) is 1. The number of hydrogen-bond donors (Lipinski definition) is 1. The molecule has 0 amide bonds. The van der Waals surface area contributed by atoms with Crippen molar-refractivity contribution >= 4 is 17.4 Å². The van der Waals surface area contributed by atoms with Gasteiger partial charge in [-0.05, 0) is 38.6 Å². The molecule has 2 nitrogen and oxygen atoms in total. The smallest absolute Gasteiger partial charge is 0.257 e. The first kappa shape index (κ1) is 12.0. The van der Waals surface area contributed by atoms with Crippen molar-refractivity contribution in [2.45, 2.75) is 33.4 Å². The highest BCUT2D eigenvalue weighted by atomic mass is 32.1. The topological polar surface area (TPSA) is 21.3 Å². The molecular weight excluding hydrogens is 206 g/mol. The summed E-state index contributed by atoms with van der Waals surface area (Å²) in [5, 5.41) is 3.52. The van der Waals surface area contributed by atoms with Crippen molar-refractivity contribution in [1.82, 2.24) is 5.32 Å². The van der Waals surface area contributed by atoms with Gasteiger partial charge in [0.2, 0.25) is 0 Å². The van der Waals surface area contributed by atoms with Crippen LogP contribution in [-0.4, -0.2) is 11.3 Å². The summed E-state index contributed by atoms with van der Waals surface area (Å²) in [4.78, 5) is 0. The van der Waals surface area contributed by atoms with E-state index in [1.807, 2.05) is 13.8 Å². The van der Waals surface area contributed by atoms with Crippen LogP contribution in [0.3, 0.4) is 0 Å². The van der Waals surface area contributed by atoms with Crippen molar-refractivity contribution in [3.63, 3.8) is 0 Å². The number of rotatable bonds is 3. The number of hydrogen-bond acceptors (Lipinski definition) is 2. The maximum atomic E-state index is 5.32.